The van der Waals surface area contributed by atoms with E-state index >= 15 is 0 Å². The number of carbonyl (C=O) groups is 1. The highest BCUT2D eigenvalue weighted by Gasteiger charge is 2.29. The molecule has 1 aromatic carbocycles. The van der Waals surface area contributed by atoms with Crippen molar-refractivity contribution in [1.29, 1.82) is 0 Å². The highest BCUT2D eigenvalue weighted by Crippen LogP contribution is 2.36. The Morgan fingerprint density at radius 2 is 2.03 bits per heavy atom. The Kier molecular flexibility index (Phi) is 8.04. The summed E-state index contributed by atoms with van der Waals surface area (Å²) in [4.78, 5) is 12.6. The van der Waals surface area contributed by atoms with Crippen LogP contribution < -0.4 is 19.5 Å². The molecule has 168 valence electrons. The molecule has 0 amide bonds. The second kappa shape index (κ2) is 10.5. The Bertz CT molecular complexity index is 925. The molecule has 31 heavy (non-hydrogen) atoms. The minimum atomic E-state index is -3.03. The van der Waals surface area contributed by atoms with E-state index in [1.165, 1.54) is 37.1 Å². The van der Waals surface area contributed by atoms with Crippen LogP contribution in [0.25, 0.3) is 0 Å². The fraction of sp³-hybridized carbons (Fsp3) is 0.368. The van der Waals surface area contributed by atoms with Gasteiger partial charge in [-0.3, -0.25) is 5.32 Å². The summed E-state index contributed by atoms with van der Waals surface area (Å²) >= 11 is 13.8. The maximum Gasteiger partial charge on any atom is 0.387 e. The SMILES string of the molecule is COc1cc(C(Cc2c(Cl)c[n+]([O-])cc2Cl)OC(=O)[C@H]2NCCS2)ccc1OC(F)F. The average Bonchev–Trinajstić information content (AvgIpc) is 3.24. The number of hydrogen-bond acceptors (Lipinski definition) is 7. The van der Waals surface area contributed by atoms with Crippen molar-refractivity contribution in [2.45, 2.75) is 24.5 Å². The molecular weight excluding hydrogens is 477 g/mol. The molecule has 0 aliphatic carbocycles. The molecule has 1 aliphatic rings. The molecule has 1 aliphatic heterocycles. The van der Waals surface area contributed by atoms with Gasteiger partial charge in [-0.1, -0.05) is 29.3 Å². The number of ether oxygens (including phenoxy) is 3. The number of benzene rings is 1. The standard InChI is InChI=1S/C19H18Cl2F2N2O5S/c1-28-16-6-10(2-3-14(16)30-19(22)23)15(29-18(26)17-24-4-5-31-17)7-11-12(20)8-25(27)9-13(11)21/h2-3,6,8-9,15,17,19,24H,4-5,7H2,1H3/t15?,17-/m0/s1. The van der Waals surface area contributed by atoms with Crippen LogP contribution in [0.15, 0.2) is 30.6 Å². The highest BCUT2D eigenvalue weighted by molar-refractivity contribution is 8.00. The third-order valence-electron chi connectivity index (χ3n) is 4.41. The van der Waals surface area contributed by atoms with E-state index in [4.69, 9.17) is 32.7 Å². The van der Waals surface area contributed by atoms with Crippen LogP contribution in [-0.4, -0.2) is 37.4 Å². The Hall–Kier alpha value is -2.01. The predicted molar refractivity (Wildman–Crippen MR) is 112 cm³/mol. The monoisotopic (exact) mass is 494 g/mol. The van der Waals surface area contributed by atoms with Crippen molar-refractivity contribution in [2.24, 2.45) is 0 Å². The normalized spacial score (nSPS) is 16.9. The lowest BCUT2D eigenvalue weighted by atomic mass is 10.0. The number of alkyl halides is 2. The van der Waals surface area contributed by atoms with E-state index in [9.17, 15) is 18.8 Å². The number of nitrogens with one attached hydrogen (secondary N) is 1. The van der Waals surface area contributed by atoms with Crippen molar-refractivity contribution in [3.05, 3.63) is 57.0 Å². The summed E-state index contributed by atoms with van der Waals surface area (Å²) in [5.74, 6) is 0.136. The third kappa shape index (κ3) is 6.03. The molecular formula is C19H18Cl2F2N2O5S. The summed E-state index contributed by atoms with van der Waals surface area (Å²) in [6.45, 7) is -2.36. The number of rotatable bonds is 8. The molecule has 0 spiro atoms. The van der Waals surface area contributed by atoms with E-state index in [1.54, 1.807) is 0 Å². The number of hydrogen-bond donors (Lipinski definition) is 1. The second-order valence-electron chi connectivity index (χ2n) is 6.42. The van der Waals surface area contributed by atoms with E-state index in [-0.39, 0.29) is 28.0 Å². The molecule has 0 saturated carbocycles. The Morgan fingerprint density at radius 3 is 2.61 bits per heavy atom. The maximum absolute atomic E-state index is 12.6. The third-order valence-corrected chi connectivity index (χ3v) is 6.20. The van der Waals surface area contributed by atoms with Crippen LogP contribution in [0.4, 0.5) is 8.78 Å². The van der Waals surface area contributed by atoms with Gasteiger partial charge in [0.2, 0.25) is 0 Å². The number of pyridine rings is 1. The van der Waals surface area contributed by atoms with Crippen LogP contribution in [0.3, 0.4) is 0 Å². The molecule has 1 unspecified atom stereocenters. The lowest BCUT2D eigenvalue weighted by molar-refractivity contribution is -0.605. The lowest BCUT2D eigenvalue weighted by Gasteiger charge is -2.22. The topological polar surface area (TPSA) is 83.7 Å². The minimum Gasteiger partial charge on any atom is -0.619 e. The van der Waals surface area contributed by atoms with Crippen LogP contribution in [0.2, 0.25) is 10.0 Å². The summed E-state index contributed by atoms with van der Waals surface area (Å²) in [6, 6.07) is 4.21. The fourth-order valence-electron chi connectivity index (χ4n) is 3.00. The number of halogens is 4. The van der Waals surface area contributed by atoms with Gasteiger partial charge in [0.05, 0.1) is 7.11 Å². The smallest absolute Gasteiger partial charge is 0.387 e. The number of esters is 1. The zero-order valence-corrected chi connectivity index (χ0v) is 18.5. The van der Waals surface area contributed by atoms with Gasteiger partial charge in [-0.2, -0.15) is 13.5 Å². The van der Waals surface area contributed by atoms with Crippen LogP contribution >= 0.6 is 35.0 Å². The summed E-state index contributed by atoms with van der Waals surface area (Å²) in [7, 11) is 1.30. The van der Waals surface area contributed by atoms with E-state index < -0.39 is 24.1 Å². The summed E-state index contributed by atoms with van der Waals surface area (Å²) < 4.78 is 41.0. The van der Waals surface area contributed by atoms with Crippen molar-refractivity contribution in [3.63, 3.8) is 0 Å². The minimum absolute atomic E-state index is 0.0369. The number of thioether (sulfide) groups is 1. The molecule has 2 heterocycles. The first-order valence-electron chi connectivity index (χ1n) is 9.03. The molecule has 2 aromatic rings. The van der Waals surface area contributed by atoms with Gasteiger partial charge in [0.25, 0.3) is 0 Å². The summed E-state index contributed by atoms with van der Waals surface area (Å²) in [6.07, 6.45) is 1.43. The second-order valence-corrected chi connectivity index (χ2v) is 8.44. The summed E-state index contributed by atoms with van der Waals surface area (Å²) in [5, 5.41) is 14.2. The number of nitrogens with zero attached hydrogens (tertiary/aromatic N) is 1. The zero-order chi connectivity index (χ0) is 22.5. The van der Waals surface area contributed by atoms with Crippen molar-refractivity contribution < 1.29 is 32.5 Å². The van der Waals surface area contributed by atoms with Crippen molar-refractivity contribution in [3.8, 4) is 11.5 Å². The quantitative estimate of drug-likeness (QED) is 0.340. The molecule has 1 aromatic heterocycles. The molecule has 1 saturated heterocycles. The molecule has 0 bridgehead atoms. The first kappa shape index (κ1) is 23.6. The Labute approximate surface area is 191 Å². The van der Waals surface area contributed by atoms with Crippen LogP contribution in [0, 0.1) is 5.21 Å². The van der Waals surface area contributed by atoms with Crippen molar-refractivity contribution in [1.82, 2.24) is 5.32 Å². The van der Waals surface area contributed by atoms with Crippen LogP contribution in [0.1, 0.15) is 17.2 Å². The first-order valence-corrected chi connectivity index (χ1v) is 10.8. The van der Waals surface area contributed by atoms with Gasteiger partial charge in [0, 0.05) is 24.3 Å². The fourth-order valence-corrected chi connectivity index (χ4v) is 4.49. The van der Waals surface area contributed by atoms with Gasteiger partial charge in [0.15, 0.2) is 29.3 Å². The number of aromatic nitrogens is 1. The van der Waals surface area contributed by atoms with Gasteiger partial charge in [-0.05, 0) is 17.7 Å². The maximum atomic E-state index is 12.6. The molecule has 1 N–H and O–H groups in total. The van der Waals surface area contributed by atoms with Gasteiger partial charge >= 0.3 is 12.6 Å². The molecule has 7 nitrogen and oxygen atoms in total. The van der Waals surface area contributed by atoms with Gasteiger partial charge in [0.1, 0.15) is 16.1 Å². The zero-order valence-electron chi connectivity index (χ0n) is 16.1. The molecule has 0 radical (unpaired) electrons. The molecule has 12 heteroatoms. The number of methoxy groups -OCH3 is 1. The van der Waals surface area contributed by atoms with E-state index in [1.807, 2.05) is 0 Å². The molecule has 1 fully saturated rings. The van der Waals surface area contributed by atoms with Crippen molar-refractivity contribution in [2.75, 3.05) is 19.4 Å². The Morgan fingerprint density at radius 1 is 1.32 bits per heavy atom. The van der Waals surface area contributed by atoms with Gasteiger partial charge in [-0.15, -0.1) is 11.8 Å². The van der Waals surface area contributed by atoms with Gasteiger partial charge in [-0.25, -0.2) is 4.79 Å². The van der Waals surface area contributed by atoms with E-state index in [2.05, 4.69) is 10.1 Å². The predicted octanol–water partition coefficient (Wildman–Crippen LogP) is 3.73. The van der Waals surface area contributed by atoms with Gasteiger partial charge < -0.3 is 19.4 Å². The van der Waals surface area contributed by atoms with Crippen LogP contribution in [0.5, 0.6) is 11.5 Å². The summed E-state index contributed by atoms with van der Waals surface area (Å²) in [5.41, 5.74) is 0.841. The molecule has 2 atom stereocenters. The largest absolute Gasteiger partial charge is 0.619 e. The van der Waals surface area contributed by atoms with E-state index in [0.29, 0.717) is 22.4 Å². The van der Waals surface area contributed by atoms with Crippen molar-refractivity contribution >= 4 is 40.9 Å². The highest BCUT2D eigenvalue weighted by atomic mass is 35.5. The first-order chi connectivity index (χ1) is 14.8. The van der Waals surface area contributed by atoms with E-state index in [0.717, 1.165) is 18.1 Å². The van der Waals surface area contributed by atoms with Crippen LogP contribution in [-0.2, 0) is 16.0 Å². The average molecular weight is 495 g/mol. The Balaban J connectivity index is 1.94. The lowest BCUT2D eigenvalue weighted by Crippen LogP contribution is -2.32. The number of carbonyl (C=O) groups excluding carboxylic acids is 1. The molecule has 3 rings (SSSR count).